The minimum atomic E-state index is -0.270. The van der Waals surface area contributed by atoms with E-state index in [4.69, 9.17) is 32.4 Å². The third-order valence-electron chi connectivity index (χ3n) is 3.89. The number of carbonyl (C=O) groups is 1. The van der Waals surface area contributed by atoms with Crippen LogP contribution in [0.2, 0.25) is 10.0 Å². The second-order valence-electron chi connectivity index (χ2n) is 5.58. The van der Waals surface area contributed by atoms with Crippen LogP contribution in [0.3, 0.4) is 0 Å². The highest BCUT2D eigenvalue weighted by Gasteiger charge is 2.20. The number of benzene rings is 2. The predicted molar refractivity (Wildman–Crippen MR) is 99.4 cm³/mol. The van der Waals surface area contributed by atoms with Crippen molar-refractivity contribution in [2.24, 2.45) is 0 Å². The normalized spacial score (nSPS) is 11.0. The molecule has 1 heterocycles. The van der Waals surface area contributed by atoms with Crippen molar-refractivity contribution in [2.75, 3.05) is 13.7 Å². The first kappa shape index (κ1) is 17.8. The molecule has 0 atom stereocenters. The number of hydrogen-bond acceptors (Lipinski definition) is 3. The summed E-state index contributed by atoms with van der Waals surface area (Å²) in [4.78, 5) is 12.5. The Bertz CT molecular complexity index is 905. The van der Waals surface area contributed by atoms with Gasteiger partial charge in [-0.25, -0.2) is 0 Å². The highest BCUT2D eigenvalue weighted by atomic mass is 35.5. The van der Waals surface area contributed by atoms with Crippen molar-refractivity contribution in [1.29, 1.82) is 0 Å². The zero-order valence-corrected chi connectivity index (χ0v) is 15.2. The van der Waals surface area contributed by atoms with Gasteiger partial charge in [0.15, 0.2) is 5.76 Å². The molecule has 0 bridgehead atoms. The van der Waals surface area contributed by atoms with Gasteiger partial charge in [0, 0.05) is 34.6 Å². The van der Waals surface area contributed by atoms with Gasteiger partial charge in [0.2, 0.25) is 0 Å². The fraction of sp³-hybridized carbons (Fsp3) is 0.211. The first-order valence-corrected chi connectivity index (χ1v) is 8.57. The van der Waals surface area contributed by atoms with Crippen LogP contribution in [0.1, 0.15) is 21.7 Å². The molecule has 3 aromatic rings. The molecule has 3 rings (SSSR count). The molecule has 0 radical (unpaired) electrons. The lowest BCUT2D eigenvalue weighted by Gasteiger charge is -2.07. The van der Waals surface area contributed by atoms with E-state index in [1.54, 1.807) is 19.2 Å². The first-order valence-electron chi connectivity index (χ1n) is 7.81. The molecule has 0 fully saturated rings. The van der Waals surface area contributed by atoms with Crippen molar-refractivity contribution in [2.45, 2.75) is 13.0 Å². The topological polar surface area (TPSA) is 51.5 Å². The van der Waals surface area contributed by atoms with Crippen LogP contribution < -0.4 is 5.32 Å². The number of nitrogens with one attached hydrogen (secondary N) is 1. The molecule has 0 saturated carbocycles. The Morgan fingerprint density at radius 2 is 2.00 bits per heavy atom. The summed E-state index contributed by atoms with van der Waals surface area (Å²) in [6.07, 6.45) is 0.599. The summed E-state index contributed by atoms with van der Waals surface area (Å²) in [5.74, 6) is 0.0126. The summed E-state index contributed by atoms with van der Waals surface area (Å²) < 4.78 is 10.9. The van der Waals surface area contributed by atoms with Crippen molar-refractivity contribution >= 4 is 40.1 Å². The molecule has 6 heteroatoms. The average Bonchev–Trinajstić information content (AvgIpc) is 2.96. The highest BCUT2D eigenvalue weighted by Crippen LogP contribution is 2.26. The molecular formula is C19H17Cl2NO3. The number of fused-ring (bicyclic) bond motifs is 1. The number of hydrogen-bond donors (Lipinski definition) is 1. The molecule has 0 aliphatic rings. The largest absolute Gasteiger partial charge is 0.451 e. The van der Waals surface area contributed by atoms with E-state index in [0.717, 1.165) is 16.5 Å². The van der Waals surface area contributed by atoms with E-state index in [1.165, 1.54) is 0 Å². The average molecular weight is 378 g/mol. The molecule has 130 valence electrons. The van der Waals surface area contributed by atoms with Crippen LogP contribution in [0.4, 0.5) is 0 Å². The molecule has 25 heavy (non-hydrogen) atoms. The lowest BCUT2D eigenvalue weighted by molar-refractivity contribution is 0.0922. The van der Waals surface area contributed by atoms with Gasteiger partial charge >= 0.3 is 0 Å². The molecule has 0 aliphatic carbocycles. The highest BCUT2D eigenvalue weighted by molar-refractivity contribution is 6.35. The summed E-state index contributed by atoms with van der Waals surface area (Å²) in [5.41, 5.74) is 2.34. The van der Waals surface area contributed by atoms with Crippen LogP contribution >= 0.6 is 23.2 Å². The number of furan rings is 1. The van der Waals surface area contributed by atoms with Gasteiger partial charge in [-0.15, -0.1) is 0 Å². The molecule has 0 unspecified atom stereocenters. The zero-order valence-electron chi connectivity index (χ0n) is 13.6. The summed E-state index contributed by atoms with van der Waals surface area (Å²) >= 11 is 12.0. The number of carbonyl (C=O) groups excluding carboxylic acids is 1. The zero-order chi connectivity index (χ0) is 17.8. The van der Waals surface area contributed by atoms with E-state index in [9.17, 15) is 4.79 Å². The number of halogens is 2. The SMILES string of the molecule is COCc1c(C(=O)NCCc2ccc(Cl)cc2Cl)oc2ccccc12. The van der Waals surface area contributed by atoms with Crippen molar-refractivity contribution in [1.82, 2.24) is 5.32 Å². The monoisotopic (exact) mass is 377 g/mol. The van der Waals surface area contributed by atoms with Gasteiger partial charge in [-0.1, -0.05) is 47.5 Å². The molecule has 4 nitrogen and oxygen atoms in total. The number of para-hydroxylation sites is 1. The van der Waals surface area contributed by atoms with Crippen molar-refractivity contribution in [3.63, 3.8) is 0 Å². The fourth-order valence-corrected chi connectivity index (χ4v) is 3.19. The Balaban J connectivity index is 1.73. The third-order valence-corrected chi connectivity index (χ3v) is 4.48. The Kier molecular flexibility index (Phi) is 5.63. The van der Waals surface area contributed by atoms with Gasteiger partial charge in [-0.05, 0) is 30.2 Å². The lowest BCUT2D eigenvalue weighted by atomic mass is 10.1. The van der Waals surface area contributed by atoms with Crippen LogP contribution in [-0.2, 0) is 17.8 Å². The Labute approximate surface area is 155 Å². The molecule has 0 saturated heterocycles. The minimum Gasteiger partial charge on any atom is -0.451 e. The van der Waals surface area contributed by atoms with E-state index in [0.29, 0.717) is 35.2 Å². The van der Waals surface area contributed by atoms with Gasteiger partial charge < -0.3 is 14.5 Å². The summed E-state index contributed by atoms with van der Waals surface area (Å²) in [5, 5.41) is 4.93. The number of ether oxygens (including phenoxy) is 1. The van der Waals surface area contributed by atoms with Crippen LogP contribution in [0.5, 0.6) is 0 Å². The van der Waals surface area contributed by atoms with Crippen LogP contribution in [0, 0.1) is 0 Å². The second kappa shape index (κ2) is 7.91. The van der Waals surface area contributed by atoms with Crippen molar-refractivity contribution in [3.8, 4) is 0 Å². The molecule has 0 aliphatic heterocycles. The molecule has 1 N–H and O–H groups in total. The van der Waals surface area contributed by atoms with E-state index < -0.39 is 0 Å². The van der Waals surface area contributed by atoms with E-state index in [1.807, 2.05) is 30.3 Å². The number of amides is 1. The molecule has 1 aromatic heterocycles. The summed E-state index contributed by atoms with van der Waals surface area (Å²) in [6, 6.07) is 12.8. The predicted octanol–water partition coefficient (Wildman–Crippen LogP) is 4.86. The van der Waals surface area contributed by atoms with E-state index in [-0.39, 0.29) is 11.7 Å². The van der Waals surface area contributed by atoms with Gasteiger partial charge in [0.05, 0.1) is 6.61 Å². The molecule has 2 aromatic carbocycles. The van der Waals surface area contributed by atoms with Crippen molar-refractivity contribution in [3.05, 3.63) is 69.4 Å². The minimum absolute atomic E-state index is 0.270. The number of methoxy groups -OCH3 is 1. The molecule has 0 spiro atoms. The van der Waals surface area contributed by atoms with Crippen LogP contribution in [0.25, 0.3) is 11.0 Å². The quantitative estimate of drug-likeness (QED) is 0.667. The van der Waals surface area contributed by atoms with Crippen LogP contribution in [-0.4, -0.2) is 19.6 Å². The standard InChI is InChI=1S/C19H17Cl2NO3/c1-24-11-15-14-4-2-3-5-17(14)25-18(15)19(23)22-9-8-12-6-7-13(20)10-16(12)21/h2-7,10H,8-9,11H2,1H3,(H,22,23). The maximum absolute atomic E-state index is 12.5. The Morgan fingerprint density at radius 1 is 1.20 bits per heavy atom. The maximum Gasteiger partial charge on any atom is 0.287 e. The van der Waals surface area contributed by atoms with Crippen molar-refractivity contribution < 1.29 is 13.9 Å². The van der Waals surface area contributed by atoms with Crippen LogP contribution in [0.15, 0.2) is 46.9 Å². The Morgan fingerprint density at radius 3 is 2.76 bits per heavy atom. The second-order valence-corrected chi connectivity index (χ2v) is 6.42. The maximum atomic E-state index is 12.5. The molecular weight excluding hydrogens is 361 g/mol. The van der Waals surface area contributed by atoms with Gasteiger partial charge in [-0.3, -0.25) is 4.79 Å². The smallest absolute Gasteiger partial charge is 0.287 e. The molecule has 1 amide bonds. The van der Waals surface area contributed by atoms with E-state index in [2.05, 4.69) is 5.32 Å². The van der Waals surface area contributed by atoms with Gasteiger partial charge in [0.25, 0.3) is 5.91 Å². The summed E-state index contributed by atoms with van der Waals surface area (Å²) in [7, 11) is 1.59. The number of rotatable bonds is 6. The van der Waals surface area contributed by atoms with Gasteiger partial charge in [0.1, 0.15) is 5.58 Å². The van der Waals surface area contributed by atoms with E-state index >= 15 is 0 Å². The third kappa shape index (κ3) is 3.98. The summed E-state index contributed by atoms with van der Waals surface area (Å²) in [6.45, 7) is 0.742. The lowest BCUT2D eigenvalue weighted by Crippen LogP contribution is -2.26. The Hall–Kier alpha value is -2.01. The van der Waals surface area contributed by atoms with Gasteiger partial charge in [-0.2, -0.15) is 0 Å². The first-order chi connectivity index (χ1) is 12.1. The fourth-order valence-electron chi connectivity index (χ4n) is 2.69.